The highest BCUT2D eigenvalue weighted by molar-refractivity contribution is 6.74. The van der Waals surface area contributed by atoms with E-state index >= 15 is 0 Å². The monoisotopic (exact) mass is 408 g/mol. The van der Waals surface area contributed by atoms with Crippen LogP contribution in [0.1, 0.15) is 60.8 Å². The summed E-state index contributed by atoms with van der Waals surface area (Å²) >= 11 is 0. The maximum absolute atomic E-state index is 13.6. The normalized spacial score (nSPS) is 34.0. The summed E-state index contributed by atoms with van der Waals surface area (Å²) in [5.41, 5.74) is -1.33. The van der Waals surface area contributed by atoms with Gasteiger partial charge in [-0.2, -0.15) is 0 Å². The standard InChI is InChI=1S/C22H36O5Si/c1-14-10-11-22(27-28(8,9)20(3,4)5)17(23)12-15(2)19(25)21(22,6)16(14)13-18(24)26-7/h10,15-16H,11-13H2,1-9H3/t15-,16+,21-,22-/m1/s1. The highest BCUT2D eigenvalue weighted by atomic mass is 28.4. The minimum atomic E-state index is -2.37. The zero-order valence-electron chi connectivity index (χ0n) is 18.9. The molecule has 0 spiro atoms. The largest absolute Gasteiger partial charge is 0.469 e. The van der Waals surface area contributed by atoms with Crippen LogP contribution in [-0.4, -0.2) is 38.6 Å². The number of methoxy groups -OCH3 is 1. The molecule has 0 heterocycles. The number of esters is 1. The molecule has 0 N–H and O–H groups in total. The van der Waals surface area contributed by atoms with Crippen LogP contribution in [0.4, 0.5) is 0 Å². The summed E-state index contributed by atoms with van der Waals surface area (Å²) < 4.78 is 11.7. The van der Waals surface area contributed by atoms with E-state index in [1.54, 1.807) is 0 Å². The number of carbonyl (C=O) groups is 3. The summed E-state index contributed by atoms with van der Waals surface area (Å²) in [5.74, 6) is -1.14. The molecule has 1 fully saturated rings. The van der Waals surface area contributed by atoms with Gasteiger partial charge in [0.1, 0.15) is 11.4 Å². The first kappa shape index (κ1) is 23.0. The Labute approximate surface area is 170 Å². The van der Waals surface area contributed by atoms with Gasteiger partial charge in [-0.15, -0.1) is 0 Å². The Morgan fingerprint density at radius 2 is 1.86 bits per heavy atom. The Morgan fingerprint density at radius 3 is 2.36 bits per heavy atom. The second-order valence-corrected chi connectivity index (χ2v) is 15.0. The van der Waals surface area contributed by atoms with Gasteiger partial charge in [0, 0.05) is 24.7 Å². The Hall–Kier alpha value is -1.27. The van der Waals surface area contributed by atoms with Crippen LogP contribution in [0, 0.1) is 17.3 Å². The molecule has 0 radical (unpaired) electrons. The third kappa shape index (κ3) is 3.32. The van der Waals surface area contributed by atoms with E-state index in [0.29, 0.717) is 6.42 Å². The summed E-state index contributed by atoms with van der Waals surface area (Å²) in [5, 5.41) is -0.108. The molecule has 0 aromatic carbocycles. The van der Waals surface area contributed by atoms with Crippen LogP contribution in [-0.2, 0) is 23.5 Å². The van der Waals surface area contributed by atoms with Crippen LogP contribution in [0.2, 0.25) is 18.1 Å². The molecular weight excluding hydrogens is 372 g/mol. The van der Waals surface area contributed by atoms with Gasteiger partial charge in [0.05, 0.1) is 18.9 Å². The second kappa shape index (κ2) is 7.20. The molecule has 0 aromatic rings. The molecule has 2 rings (SSSR count). The molecule has 5 nitrogen and oxygen atoms in total. The summed E-state index contributed by atoms with van der Waals surface area (Å²) in [6.45, 7) is 16.2. The molecule has 1 saturated carbocycles. The number of hydrogen-bond acceptors (Lipinski definition) is 5. The van der Waals surface area contributed by atoms with E-state index in [9.17, 15) is 14.4 Å². The molecule has 0 aliphatic heterocycles. The van der Waals surface area contributed by atoms with Crippen molar-refractivity contribution < 1.29 is 23.5 Å². The molecular formula is C22H36O5Si. The number of hydrogen-bond donors (Lipinski definition) is 0. The SMILES string of the molecule is COC(=O)C[C@H]1C(C)=CC[C@@]2(O[Si](C)(C)C(C)(C)C)C(=O)C[C@@H](C)C(=O)[C@@]12C. The van der Waals surface area contributed by atoms with Crippen molar-refractivity contribution in [3.8, 4) is 0 Å². The summed E-state index contributed by atoms with van der Waals surface area (Å²) in [6, 6.07) is 0. The van der Waals surface area contributed by atoms with Crippen LogP contribution in [0.15, 0.2) is 11.6 Å². The minimum absolute atomic E-state index is 0.00876. The van der Waals surface area contributed by atoms with Crippen molar-refractivity contribution in [1.82, 2.24) is 0 Å². The van der Waals surface area contributed by atoms with E-state index in [4.69, 9.17) is 9.16 Å². The van der Waals surface area contributed by atoms with E-state index in [2.05, 4.69) is 33.9 Å². The van der Waals surface area contributed by atoms with Crippen molar-refractivity contribution in [2.45, 2.75) is 84.5 Å². The van der Waals surface area contributed by atoms with E-state index < -0.39 is 25.3 Å². The number of allylic oxidation sites excluding steroid dienone is 1. The van der Waals surface area contributed by atoms with E-state index in [1.165, 1.54) is 7.11 Å². The lowest BCUT2D eigenvalue weighted by Crippen LogP contribution is -2.70. The molecule has 0 aromatic heterocycles. The highest BCUT2D eigenvalue weighted by Gasteiger charge is 2.68. The second-order valence-electron chi connectivity index (χ2n) is 10.3. The van der Waals surface area contributed by atoms with Crippen LogP contribution < -0.4 is 0 Å². The van der Waals surface area contributed by atoms with Crippen LogP contribution >= 0.6 is 0 Å². The smallest absolute Gasteiger partial charge is 0.306 e. The molecule has 2 aliphatic carbocycles. The van der Waals surface area contributed by atoms with Gasteiger partial charge in [-0.1, -0.05) is 39.3 Å². The summed E-state index contributed by atoms with van der Waals surface area (Å²) in [7, 11) is -1.02. The van der Waals surface area contributed by atoms with Gasteiger partial charge in [0.25, 0.3) is 0 Å². The fourth-order valence-electron chi connectivity index (χ4n) is 4.63. The number of ether oxygens (including phenoxy) is 1. The quantitative estimate of drug-likeness (QED) is 0.390. The van der Waals surface area contributed by atoms with Gasteiger partial charge in [0.15, 0.2) is 14.1 Å². The summed E-state index contributed by atoms with van der Waals surface area (Å²) in [6.07, 6.45) is 2.64. The Bertz CT molecular complexity index is 717. The Kier molecular flexibility index (Phi) is 5.92. The van der Waals surface area contributed by atoms with E-state index in [-0.39, 0.29) is 41.3 Å². The average Bonchev–Trinajstić information content (AvgIpc) is 2.57. The van der Waals surface area contributed by atoms with Crippen LogP contribution in [0.5, 0.6) is 0 Å². The molecule has 2 aliphatic rings. The van der Waals surface area contributed by atoms with Crippen molar-refractivity contribution in [3.63, 3.8) is 0 Å². The van der Waals surface area contributed by atoms with E-state index in [0.717, 1.165) is 5.57 Å². The first-order valence-electron chi connectivity index (χ1n) is 10.2. The van der Waals surface area contributed by atoms with Crippen molar-refractivity contribution in [3.05, 3.63) is 11.6 Å². The number of fused-ring (bicyclic) bond motifs is 1. The first-order chi connectivity index (χ1) is 12.6. The number of ketones is 2. The fourth-order valence-corrected chi connectivity index (χ4v) is 6.21. The Morgan fingerprint density at radius 1 is 1.29 bits per heavy atom. The van der Waals surface area contributed by atoms with Gasteiger partial charge in [0.2, 0.25) is 0 Å². The van der Waals surface area contributed by atoms with Crippen molar-refractivity contribution in [1.29, 1.82) is 0 Å². The highest BCUT2D eigenvalue weighted by Crippen LogP contribution is 2.58. The lowest BCUT2D eigenvalue weighted by molar-refractivity contribution is -0.178. The average molecular weight is 409 g/mol. The first-order valence-corrected chi connectivity index (χ1v) is 13.1. The van der Waals surface area contributed by atoms with Crippen LogP contribution in [0.25, 0.3) is 0 Å². The third-order valence-electron chi connectivity index (χ3n) is 7.53. The van der Waals surface area contributed by atoms with Crippen molar-refractivity contribution in [2.24, 2.45) is 17.3 Å². The topological polar surface area (TPSA) is 69.7 Å². The van der Waals surface area contributed by atoms with Gasteiger partial charge >= 0.3 is 5.97 Å². The maximum atomic E-state index is 13.6. The Balaban J connectivity index is 2.70. The van der Waals surface area contributed by atoms with Gasteiger partial charge in [-0.05, 0) is 32.0 Å². The molecule has 28 heavy (non-hydrogen) atoms. The zero-order valence-corrected chi connectivity index (χ0v) is 19.9. The molecule has 0 bridgehead atoms. The molecule has 0 amide bonds. The molecule has 0 unspecified atom stereocenters. The van der Waals surface area contributed by atoms with Crippen molar-refractivity contribution >= 4 is 25.9 Å². The van der Waals surface area contributed by atoms with Gasteiger partial charge in [-0.25, -0.2) is 0 Å². The van der Waals surface area contributed by atoms with Gasteiger partial charge in [-0.3, -0.25) is 14.4 Å². The van der Waals surface area contributed by atoms with E-state index in [1.807, 2.05) is 26.8 Å². The van der Waals surface area contributed by atoms with Crippen LogP contribution in [0.3, 0.4) is 0 Å². The number of rotatable bonds is 4. The predicted octanol–water partition coefficient (Wildman–Crippen LogP) is 4.46. The third-order valence-corrected chi connectivity index (χ3v) is 12.0. The predicted molar refractivity (Wildman–Crippen MR) is 111 cm³/mol. The zero-order chi connectivity index (χ0) is 21.7. The molecule has 158 valence electrons. The maximum Gasteiger partial charge on any atom is 0.306 e. The lowest BCUT2D eigenvalue weighted by Gasteiger charge is -2.59. The summed E-state index contributed by atoms with van der Waals surface area (Å²) in [4.78, 5) is 39.3. The lowest BCUT2D eigenvalue weighted by atomic mass is 9.50. The fraction of sp³-hybridized carbons (Fsp3) is 0.773. The molecule has 4 atom stereocenters. The molecule has 0 saturated heterocycles. The molecule has 6 heteroatoms. The van der Waals surface area contributed by atoms with Gasteiger partial charge < -0.3 is 9.16 Å². The minimum Gasteiger partial charge on any atom is -0.469 e. The number of carbonyl (C=O) groups excluding carboxylic acids is 3. The van der Waals surface area contributed by atoms with Crippen molar-refractivity contribution in [2.75, 3.05) is 7.11 Å². The number of Topliss-reactive ketones (excluding diaryl/α,β-unsaturated/α-hetero) is 2.